The molecule has 1 heterocycles. The molecule has 0 radical (unpaired) electrons. The van der Waals surface area contributed by atoms with Crippen molar-refractivity contribution in [1.82, 2.24) is 10.2 Å². The average Bonchev–Trinajstić information content (AvgIpc) is 2.74. The summed E-state index contributed by atoms with van der Waals surface area (Å²) < 4.78 is 14.1. The van der Waals surface area contributed by atoms with Crippen LogP contribution in [0, 0.1) is 5.82 Å². The smallest absolute Gasteiger partial charge is 0.258 e. The summed E-state index contributed by atoms with van der Waals surface area (Å²) in [5.74, 6) is -1.01. The molecule has 6 heteroatoms. The van der Waals surface area contributed by atoms with Crippen LogP contribution in [0.15, 0.2) is 22.7 Å². The van der Waals surface area contributed by atoms with Gasteiger partial charge in [-0.15, -0.1) is 0 Å². The van der Waals surface area contributed by atoms with Crippen molar-refractivity contribution in [2.45, 2.75) is 12.1 Å². The van der Waals surface area contributed by atoms with E-state index in [9.17, 15) is 14.3 Å². The van der Waals surface area contributed by atoms with E-state index in [1.165, 1.54) is 17.0 Å². The van der Waals surface area contributed by atoms with Crippen LogP contribution in [-0.2, 0) is 0 Å². The zero-order valence-corrected chi connectivity index (χ0v) is 11.4. The highest BCUT2D eigenvalue weighted by Crippen LogP contribution is 2.22. The lowest BCUT2D eigenvalue weighted by molar-refractivity contribution is 0.0576. The number of amides is 1. The van der Waals surface area contributed by atoms with Crippen LogP contribution in [0.5, 0.6) is 0 Å². The van der Waals surface area contributed by atoms with Crippen molar-refractivity contribution >= 4 is 21.8 Å². The summed E-state index contributed by atoms with van der Waals surface area (Å²) in [7, 11) is 1.57. The molecule has 2 atom stereocenters. The highest BCUT2D eigenvalue weighted by Gasteiger charge is 2.32. The Kier molecular flexibility index (Phi) is 3.99. The minimum Gasteiger partial charge on any atom is -0.390 e. The van der Waals surface area contributed by atoms with E-state index in [2.05, 4.69) is 21.2 Å². The third kappa shape index (κ3) is 2.41. The summed E-state index contributed by atoms with van der Waals surface area (Å²) in [6, 6.07) is 4.06. The summed E-state index contributed by atoms with van der Waals surface area (Å²) in [5.41, 5.74) is -0.000833. The number of benzene rings is 1. The van der Waals surface area contributed by atoms with Crippen LogP contribution >= 0.6 is 15.9 Å². The molecule has 2 rings (SSSR count). The van der Waals surface area contributed by atoms with Crippen molar-refractivity contribution in [3.05, 3.63) is 34.1 Å². The molecule has 1 aliphatic rings. The predicted molar refractivity (Wildman–Crippen MR) is 68.9 cm³/mol. The second-order valence-electron chi connectivity index (χ2n) is 4.31. The number of β-amino-alcohol motifs (C(OH)–C–C–N with tert-alkyl or cyclic N) is 1. The van der Waals surface area contributed by atoms with Gasteiger partial charge in [-0.3, -0.25) is 4.79 Å². The van der Waals surface area contributed by atoms with Crippen LogP contribution in [0.1, 0.15) is 10.4 Å². The first-order valence-electron chi connectivity index (χ1n) is 5.62. The number of rotatable bonds is 2. The summed E-state index contributed by atoms with van der Waals surface area (Å²) in [6.45, 7) is 0.955. The van der Waals surface area contributed by atoms with Gasteiger partial charge in [0.05, 0.1) is 17.7 Å². The highest BCUT2D eigenvalue weighted by atomic mass is 79.9. The van der Waals surface area contributed by atoms with Gasteiger partial charge < -0.3 is 15.3 Å². The first-order valence-corrected chi connectivity index (χ1v) is 6.41. The van der Waals surface area contributed by atoms with E-state index in [1.54, 1.807) is 13.1 Å². The molecule has 1 saturated heterocycles. The van der Waals surface area contributed by atoms with E-state index >= 15 is 0 Å². The Morgan fingerprint density at radius 1 is 1.56 bits per heavy atom. The van der Waals surface area contributed by atoms with Crippen molar-refractivity contribution in [3.8, 4) is 0 Å². The maximum atomic E-state index is 13.7. The minimum atomic E-state index is -0.621. The summed E-state index contributed by atoms with van der Waals surface area (Å²) >= 11 is 3.17. The molecule has 0 aromatic heterocycles. The van der Waals surface area contributed by atoms with Gasteiger partial charge in [0.25, 0.3) is 5.91 Å². The van der Waals surface area contributed by atoms with Gasteiger partial charge in [-0.25, -0.2) is 4.39 Å². The molecule has 4 nitrogen and oxygen atoms in total. The van der Waals surface area contributed by atoms with Crippen molar-refractivity contribution < 1.29 is 14.3 Å². The number of nitrogens with one attached hydrogen (secondary N) is 1. The first-order chi connectivity index (χ1) is 8.52. The van der Waals surface area contributed by atoms with Crippen LogP contribution in [0.2, 0.25) is 0 Å². The predicted octanol–water partition coefficient (Wildman–Crippen LogP) is 0.993. The molecule has 0 unspecified atom stereocenters. The van der Waals surface area contributed by atoms with Gasteiger partial charge in [0.15, 0.2) is 0 Å². The molecule has 1 aromatic rings. The third-order valence-electron chi connectivity index (χ3n) is 3.15. The lowest BCUT2D eigenvalue weighted by Gasteiger charge is -2.26. The van der Waals surface area contributed by atoms with Crippen LogP contribution in [0.3, 0.4) is 0 Å². The molecule has 18 heavy (non-hydrogen) atoms. The first kappa shape index (κ1) is 13.5. The average molecular weight is 317 g/mol. The quantitative estimate of drug-likeness (QED) is 0.855. The van der Waals surface area contributed by atoms with Gasteiger partial charge in [-0.05, 0) is 28.1 Å². The van der Waals surface area contributed by atoms with Crippen molar-refractivity contribution in [1.29, 1.82) is 0 Å². The molecule has 2 N–H and O–H groups in total. The van der Waals surface area contributed by atoms with Gasteiger partial charge in [0.2, 0.25) is 0 Å². The van der Waals surface area contributed by atoms with Gasteiger partial charge in [0, 0.05) is 24.6 Å². The van der Waals surface area contributed by atoms with E-state index in [1.807, 2.05) is 0 Å². The fourth-order valence-corrected chi connectivity index (χ4v) is 2.59. The van der Waals surface area contributed by atoms with Crippen molar-refractivity contribution in [2.24, 2.45) is 0 Å². The molecule has 1 fully saturated rings. The number of carbonyl (C=O) groups is 1. The number of aliphatic hydroxyl groups excluding tert-OH is 1. The summed E-state index contributed by atoms with van der Waals surface area (Å²) in [5, 5.41) is 12.7. The molecule has 1 amide bonds. The van der Waals surface area contributed by atoms with E-state index in [-0.39, 0.29) is 11.6 Å². The van der Waals surface area contributed by atoms with E-state index in [0.29, 0.717) is 17.6 Å². The number of likely N-dealkylation sites (N-methyl/N-ethyl adjacent to an activating group) is 1. The molecule has 0 spiro atoms. The fraction of sp³-hybridized carbons (Fsp3) is 0.417. The Labute approximate surface area is 113 Å². The van der Waals surface area contributed by atoms with E-state index < -0.39 is 17.8 Å². The SMILES string of the molecule is CN(C(=O)c1c(F)cccc1Br)[C@@H]1CNC[C@H]1O. The maximum absolute atomic E-state index is 13.7. The Morgan fingerprint density at radius 3 is 2.83 bits per heavy atom. The summed E-state index contributed by atoms with van der Waals surface area (Å²) in [6.07, 6.45) is -0.621. The van der Waals surface area contributed by atoms with Crippen molar-refractivity contribution in [3.63, 3.8) is 0 Å². The Morgan fingerprint density at radius 2 is 2.28 bits per heavy atom. The monoisotopic (exact) mass is 316 g/mol. The molecule has 98 valence electrons. The molecule has 0 aliphatic carbocycles. The zero-order chi connectivity index (χ0) is 13.3. The molecular formula is C12H14BrFN2O2. The van der Waals surface area contributed by atoms with Gasteiger partial charge >= 0.3 is 0 Å². The zero-order valence-electron chi connectivity index (χ0n) is 9.86. The Balaban J connectivity index is 2.26. The number of hydrogen-bond donors (Lipinski definition) is 2. The fourth-order valence-electron chi connectivity index (χ4n) is 2.08. The Bertz CT molecular complexity index is 449. The van der Waals surface area contributed by atoms with Gasteiger partial charge in [-0.2, -0.15) is 0 Å². The molecular weight excluding hydrogens is 303 g/mol. The van der Waals surface area contributed by atoms with E-state index in [0.717, 1.165) is 0 Å². The minimum absolute atomic E-state index is 0.000833. The number of hydrogen-bond acceptors (Lipinski definition) is 3. The molecule has 0 saturated carbocycles. The normalized spacial score (nSPS) is 23.1. The second kappa shape index (κ2) is 5.34. The number of carbonyl (C=O) groups excluding carboxylic acids is 1. The van der Waals surface area contributed by atoms with Crippen LogP contribution in [-0.4, -0.2) is 48.2 Å². The van der Waals surface area contributed by atoms with E-state index in [4.69, 9.17) is 0 Å². The van der Waals surface area contributed by atoms with Crippen LogP contribution in [0.25, 0.3) is 0 Å². The maximum Gasteiger partial charge on any atom is 0.258 e. The van der Waals surface area contributed by atoms with Crippen LogP contribution < -0.4 is 5.32 Å². The number of aliphatic hydroxyl groups is 1. The second-order valence-corrected chi connectivity index (χ2v) is 5.16. The highest BCUT2D eigenvalue weighted by molar-refractivity contribution is 9.10. The van der Waals surface area contributed by atoms with Gasteiger partial charge in [0.1, 0.15) is 5.82 Å². The largest absolute Gasteiger partial charge is 0.390 e. The number of nitrogens with zero attached hydrogens (tertiary/aromatic N) is 1. The third-order valence-corrected chi connectivity index (χ3v) is 3.81. The molecule has 1 aromatic carbocycles. The van der Waals surface area contributed by atoms with Crippen molar-refractivity contribution in [2.75, 3.05) is 20.1 Å². The molecule has 0 bridgehead atoms. The molecule has 1 aliphatic heterocycles. The van der Waals surface area contributed by atoms with Crippen LogP contribution in [0.4, 0.5) is 4.39 Å². The topological polar surface area (TPSA) is 52.6 Å². The lowest BCUT2D eigenvalue weighted by Crippen LogP contribution is -2.44. The Hall–Kier alpha value is -0.980. The summed E-state index contributed by atoms with van der Waals surface area (Å²) in [4.78, 5) is 13.6. The standard InChI is InChI=1S/C12H14BrFN2O2/c1-16(9-5-15-6-10(9)17)12(18)11-7(13)3-2-4-8(11)14/h2-4,9-10,15,17H,5-6H2,1H3/t9-,10-/m1/s1. The van der Waals surface area contributed by atoms with Gasteiger partial charge in [-0.1, -0.05) is 6.07 Å². The lowest BCUT2D eigenvalue weighted by atomic mass is 10.1. The number of halogens is 2.